The van der Waals surface area contributed by atoms with E-state index in [2.05, 4.69) is 25.5 Å². The third-order valence-electron chi connectivity index (χ3n) is 4.57. The summed E-state index contributed by atoms with van der Waals surface area (Å²) in [7, 11) is 0. The number of amides is 1. The molecule has 0 aromatic carbocycles. The van der Waals surface area contributed by atoms with E-state index in [4.69, 9.17) is 0 Å². The average Bonchev–Trinajstić information content (AvgIpc) is 3.06. The Morgan fingerprint density at radius 1 is 1.28 bits per heavy atom. The van der Waals surface area contributed by atoms with E-state index in [0.29, 0.717) is 31.6 Å². The Kier molecular flexibility index (Phi) is 4.82. The molecule has 1 fully saturated rings. The fourth-order valence-corrected chi connectivity index (χ4v) is 3.04. The molecule has 1 aliphatic heterocycles. The van der Waals surface area contributed by atoms with Crippen LogP contribution in [0.15, 0.2) is 18.5 Å². The summed E-state index contributed by atoms with van der Waals surface area (Å²) in [6.45, 7) is 4.96. The number of carboxylic acids is 1. The van der Waals surface area contributed by atoms with Crippen molar-refractivity contribution in [3.8, 4) is 0 Å². The van der Waals surface area contributed by atoms with Gasteiger partial charge in [-0.25, -0.2) is 4.79 Å². The first kappa shape index (κ1) is 17.1. The lowest BCUT2D eigenvalue weighted by molar-refractivity contribution is -0.143. The minimum Gasteiger partial charge on any atom is -0.480 e. The zero-order chi connectivity index (χ0) is 18.0. The van der Waals surface area contributed by atoms with Gasteiger partial charge in [0.25, 0.3) is 0 Å². The van der Waals surface area contributed by atoms with E-state index in [9.17, 15) is 14.7 Å². The molecule has 25 heavy (non-hydrogen) atoms. The summed E-state index contributed by atoms with van der Waals surface area (Å²) in [6.07, 6.45) is 2.88. The van der Waals surface area contributed by atoms with Gasteiger partial charge in [-0.2, -0.15) is 4.52 Å². The number of fused-ring (bicyclic) bond motifs is 1. The van der Waals surface area contributed by atoms with Crippen molar-refractivity contribution in [1.29, 1.82) is 0 Å². The number of nitrogens with zero attached hydrogens (tertiary/aromatic N) is 5. The summed E-state index contributed by atoms with van der Waals surface area (Å²) in [5, 5.41) is 24.1. The highest BCUT2D eigenvalue weighted by Crippen LogP contribution is 2.22. The normalized spacial score (nSPS) is 17.0. The standard InChI is InChI=1S/C16H22N6O3/c1-10(2)14(16(24)25)18-15(23)11-5-7-21(8-6-11)13-4-3-12-19-17-9-22(12)20-13/h3-4,9-11,14H,5-8H2,1-2H3,(H,18,23)(H,24,25)/t14-/m1/s1. The van der Waals surface area contributed by atoms with Gasteiger partial charge in [-0.15, -0.1) is 15.3 Å². The van der Waals surface area contributed by atoms with Crippen molar-refractivity contribution in [2.45, 2.75) is 32.7 Å². The molecule has 1 amide bonds. The van der Waals surface area contributed by atoms with E-state index in [1.807, 2.05) is 12.1 Å². The molecule has 0 unspecified atom stereocenters. The van der Waals surface area contributed by atoms with Gasteiger partial charge in [0, 0.05) is 19.0 Å². The lowest BCUT2D eigenvalue weighted by Gasteiger charge is -2.32. The summed E-state index contributed by atoms with van der Waals surface area (Å²) in [6, 6.07) is 2.90. The number of rotatable bonds is 5. The summed E-state index contributed by atoms with van der Waals surface area (Å²) in [5.41, 5.74) is 0.686. The molecule has 0 radical (unpaired) electrons. The molecule has 9 nitrogen and oxygen atoms in total. The van der Waals surface area contributed by atoms with Crippen LogP contribution in [0.1, 0.15) is 26.7 Å². The van der Waals surface area contributed by atoms with E-state index >= 15 is 0 Å². The second kappa shape index (κ2) is 7.04. The van der Waals surface area contributed by atoms with Crippen LogP contribution >= 0.6 is 0 Å². The first-order valence-corrected chi connectivity index (χ1v) is 8.41. The van der Waals surface area contributed by atoms with Crippen molar-refractivity contribution in [2.24, 2.45) is 11.8 Å². The van der Waals surface area contributed by atoms with Crippen molar-refractivity contribution in [3.63, 3.8) is 0 Å². The number of hydrogen-bond acceptors (Lipinski definition) is 6. The van der Waals surface area contributed by atoms with Gasteiger partial charge >= 0.3 is 5.97 Å². The van der Waals surface area contributed by atoms with E-state index in [1.54, 1.807) is 24.7 Å². The highest BCUT2D eigenvalue weighted by molar-refractivity contribution is 5.85. The predicted octanol–water partition coefficient (Wildman–Crippen LogP) is 0.566. The summed E-state index contributed by atoms with van der Waals surface area (Å²) < 4.78 is 1.62. The number of carboxylic acid groups (broad SMARTS) is 1. The summed E-state index contributed by atoms with van der Waals surface area (Å²) in [4.78, 5) is 25.7. The molecule has 0 saturated carbocycles. The minimum absolute atomic E-state index is 0.152. The third-order valence-corrected chi connectivity index (χ3v) is 4.57. The molecule has 3 heterocycles. The van der Waals surface area contributed by atoms with Crippen LogP contribution in [0.4, 0.5) is 5.82 Å². The van der Waals surface area contributed by atoms with Gasteiger partial charge in [-0.3, -0.25) is 4.79 Å². The van der Waals surface area contributed by atoms with Crippen molar-refractivity contribution in [1.82, 2.24) is 25.1 Å². The molecule has 2 aromatic rings. The van der Waals surface area contributed by atoms with Gasteiger partial charge in [0.1, 0.15) is 18.2 Å². The number of aromatic nitrogens is 4. The van der Waals surface area contributed by atoms with Crippen molar-refractivity contribution < 1.29 is 14.7 Å². The molecule has 9 heteroatoms. The van der Waals surface area contributed by atoms with Gasteiger partial charge < -0.3 is 15.3 Å². The quantitative estimate of drug-likeness (QED) is 0.813. The van der Waals surface area contributed by atoms with Crippen LogP contribution in [0.3, 0.4) is 0 Å². The number of anilines is 1. The number of nitrogens with one attached hydrogen (secondary N) is 1. The first-order chi connectivity index (χ1) is 12.0. The van der Waals surface area contributed by atoms with E-state index in [0.717, 1.165) is 5.82 Å². The van der Waals surface area contributed by atoms with Crippen molar-refractivity contribution in [2.75, 3.05) is 18.0 Å². The smallest absolute Gasteiger partial charge is 0.326 e. The Balaban J connectivity index is 1.59. The van der Waals surface area contributed by atoms with Crippen LogP contribution in [0, 0.1) is 11.8 Å². The van der Waals surface area contributed by atoms with Crippen molar-refractivity contribution >= 4 is 23.3 Å². The maximum absolute atomic E-state index is 12.4. The summed E-state index contributed by atoms with van der Waals surface area (Å²) >= 11 is 0. The molecular weight excluding hydrogens is 324 g/mol. The Morgan fingerprint density at radius 3 is 2.64 bits per heavy atom. The first-order valence-electron chi connectivity index (χ1n) is 8.41. The Bertz CT molecular complexity index is 766. The zero-order valence-corrected chi connectivity index (χ0v) is 14.3. The Morgan fingerprint density at radius 2 is 2.00 bits per heavy atom. The highest BCUT2D eigenvalue weighted by atomic mass is 16.4. The van der Waals surface area contributed by atoms with Crippen molar-refractivity contribution in [3.05, 3.63) is 18.5 Å². The molecule has 2 N–H and O–H groups in total. The number of carbonyl (C=O) groups is 2. The molecule has 1 aliphatic rings. The monoisotopic (exact) mass is 346 g/mol. The van der Waals surface area contributed by atoms with Gasteiger partial charge in [0.2, 0.25) is 5.91 Å². The topological polar surface area (TPSA) is 113 Å². The maximum Gasteiger partial charge on any atom is 0.326 e. The van der Waals surface area contributed by atoms with Gasteiger partial charge in [0.05, 0.1) is 0 Å². The Hall–Kier alpha value is -2.71. The van der Waals surface area contributed by atoms with Crippen LogP contribution in [-0.2, 0) is 9.59 Å². The fourth-order valence-electron chi connectivity index (χ4n) is 3.04. The van der Waals surface area contributed by atoms with Gasteiger partial charge in [-0.1, -0.05) is 13.8 Å². The second-order valence-electron chi connectivity index (χ2n) is 6.66. The van der Waals surface area contributed by atoms with Gasteiger partial charge in [0.15, 0.2) is 5.65 Å². The molecule has 134 valence electrons. The largest absolute Gasteiger partial charge is 0.480 e. The van der Waals surface area contributed by atoms with Crippen LogP contribution in [0.2, 0.25) is 0 Å². The van der Waals surface area contributed by atoms with Crippen LogP contribution in [0.25, 0.3) is 5.65 Å². The Labute approximate surface area is 145 Å². The molecule has 2 aromatic heterocycles. The van der Waals surface area contributed by atoms with Crippen LogP contribution < -0.4 is 10.2 Å². The minimum atomic E-state index is -0.993. The molecular formula is C16H22N6O3. The average molecular weight is 346 g/mol. The number of piperidine rings is 1. The van der Waals surface area contributed by atoms with E-state index in [-0.39, 0.29) is 17.7 Å². The van der Waals surface area contributed by atoms with E-state index < -0.39 is 12.0 Å². The summed E-state index contributed by atoms with van der Waals surface area (Å²) in [5.74, 6) is -0.677. The fraction of sp³-hybridized carbons (Fsp3) is 0.562. The molecule has 0 bridgehead atoms. The van der Waals surface area contributed by atoms with Crippen LogP contribution in [-0.4, -0.2) is 55.9 Å². The molecule has 3 rings (SSSR count). The van der Waals surface area contributed by atoms with Crippen LogP contribution in [0.5, 0.6) is 0 Å². The predicted molar refractivity (Wildman–Crippen MR) is 90.1 cm³/mol. The molecule has 1 atom stereocenters. The number of aliphatic carboxylic acids is 1. The number of hydrogen-bond donors (Lipinski definition) is 2. The van der Waals surface area contributed by atoms with E-state index in [1.165, 1.54) is 0 Å². The maximum atomic E-state index is 12.4. The lowest BCUT2D eigenvalue weighted by Crippen LogP contribution is -2.48. The highest BCUT2D eigenvalue weighted by Gasteiger charge is 2.30. The lowest BCUT2D eigenvalue weighted by atomic mass is 9.94. The molecule has 0 spiro atoms. The zero-order valence-electron chi connectivity index (χ0n) is 14.3. The number of carbonyl (C=O) groups excluding carboxylic acids is 1. The molecule has 1 saturated heterocycles. The third kappa shape index (κ3) is 3.70. The SMILES string of the molecule is CC(C)[C@@H](NC(=O)C1CCN(c2ccc3nncn3n2)CC1)C(=O)O. The molecule has 0 aliphatic carbocycles. The van der Waals surface area contributed by atoms with Gasteiger partial charge in [-0.05, 0) is 30.9 Å². The second-order valence-corrected chi connectivity index (χ2v) is 6.66.